The molecule has 2 amide bonds. The number of ether oxygens (including phenoxy) is 2. The third-order valence-corrected chi connectivity index (χ3v) is 2.67. The Hall–Kier alpha value is -2.19. The minimum absolute atomic E-state index is 0.426. The highest BCUT2D eigenvalue weighted by molar-refractivity contribution is 5.71. The molecule has 0 aliphatic carbocycles. The molecule has 0 aromatic rings. The summed E-state index contributed by atoms with van der Waals surface area (Å²) in [6, 6.07) is 0. The Kier molecular flexibility index (Phi) is 10.5. The average Bonchev–Trinajstić information content (AvgIpc) is 2.42. The van der Waals surface area contributed by atoms with E-state index in [4.69, 9.17) is 15.2 Å². The zero-order valence-electron chi connectivity index (χ0n) is 17.0. The van der Waals surface area contributed by atoms with Gasteiger partial charge in [0.1, 0.15) is 11.2 Å². The van der Waals surface area contributed by atoms with Crippen LogP contribution in [0.15, 0.2) is 0 Å². The van der Waals surface area contributed by atoms with Gasteiger partial charge in [-0.1, -0.05) is 0 Å². The van der Waals surface area contributed by atoms with Crippen molar-refractivity contribution in [2.24, 2.45) is 5.73 Å². The molecule has 0 saturated heterocycles. The van der Waals surface area contributed by atoms with Crippen molar-refractivity contribution in [1.82, 2.24) is 16.0 Å². The molecule has 0 aromatic heterocycles. The first-order chi connectivity index (χ1) is 11.9. The molecule has 26 heavy (non-hydrogen) atoms. The van der Waals surface area contributed by atoms with Gasteiger partial charge < -0.3 is 20.1 Å². The second-order valence-corrected chi connectivity index (χ2v) is 7.83. The van der Waals surface area contributed by atoms with Crippen molar-refractivity contribution in [3.8, 4) is 0 Å². The van der Waals surface area contributed by atoms with Gasteiger partial charge in [-0.2, -0.15) is 0 Å². The van der Waals surface area contributed by atoms with Crippen LogP contribution in [0.4, 0.5) is 9.59 Å². The first-order valence-corrected chi connectivity index (χ1v) is 8.93. The second-order valence-electron chi connectivity index (χ2n) is 7.83. The predicted octanol–water partition coefficient (Wildman–Crippen LogP) is -0.199. The van der Waals surface area contributed by atoms with Crippen LogP contribution in [0.1, 0.15) is 54.4 Å². The fourth-order valence-electron chi connectivity index (χ4n) is 1.69. The van der Waals surface area contributed by atoms with E-state index in [1.807, 2.05) is 41.5 Å². The number of hydrogen-bond acceptors (Lipinski definition) is 4. The summed E-state index contributed by atoms with van der Waals surface area (Å²) in [6.07, 6.45) is 0.569. The summed E-state index contributed by atoms with van der Waals surface area (Å²) in [4.78, 5) is 25.9. The molecule has 0 atom stereocenters. The Balaban J connectivity index is 3.68. The highest BCUT2D eigenvalue weighted by Crippen LogP contribution is 2.06. The van der Waals surface area contributed by atoms with Crippen molar-refractivity contribution < 1.29 is 24.1 Å². The van der Waals surface area contributed by atoms with E-state index in [1.165, 1.54) is 0 Å². The molecule has 0 aliphatic heterocycles. The van der Waals surface area contributed by atoms with Gasteiger partial charge in [-0.3, -0.25) is 16.0 Å². The van der Waals surface area contributed by atoms with Crippen molar-refractivity contribution in [3.63, 3.8) is 0 Å². The molecular formula is C17H36N5O4+. The van der Waals surface area contributed by atoms with Gasteiger partial charge >= 0.3 is 18.1 Å². The molecule has 0 fully saturated rings. The molecule has 0 heterocycles. The fourth-order valence-corrected chi connectivity index (χ4v) is 1.69. The number of alkyl carbamates (subject to hydrolysis) is 2. The van der Waals surface area contributed by atoms with Crippen LogP contribution in [-0.4, -0.2) is 55.5 Å². The van der Waals surface area contributed by atoms with Gasteiger partial charge in [0.05, 0.1) is 13.1 Å². The molecule has 0 unspecified atom stereocenters. The smallest absolute Gasteiger partial charge is 0.407 e. The molecule has 6 N–H and O–H groups in total. The molecule has 0 saturated carbocycles. The Morgan fingerprint density at radius 3 is 1.69 bits per heavy atom. The number of carbonyl (C=O) groups excluding carboxylic acids is 2. The normalized spacial score (nSPS) is 12.3. The highest BCUT2D eigenvalue weighted by atomic mass is 16.6. The summed E-state index contributed by atoms with van der Waals surface area (Å²) in [6.45, 7) is 13.1. The van der Waals surface area contributed by atoms with Crippen LogP contribution in [0.2, 0.25) is 0 Å². The summed E-state index contributed by atoms with van der Waals surface area (Å²) in [5.74, 6) is 0.458. The first kappa shape index (κ1) is 23.8. The lowest BCUT2D eigenvalue weighted by Gasteiger charge is -2.19. The van der Waals surface area contributed by atoms with E-state index in [1.54, 1.807) is 0 Å². The Bertz CT molecular complexity index is 467. The molecule has 0 aromatic carbocycles. The van der Waals surface area contributed by atoms with Gasteiger partial charge in [0, 0.05) is 13.1 Å². The van der Waals surface area contributed by atoms with Gasteiger partial charge in [0.25, 0.3) is 0 Å². The van der Waals surface area contributed by atoms with Crippen LogP contribution in [0.5, 0.6) is 0 Å². The zero-order chi connectivity index (χ0) is 20.2. The summed E-state index contributed by atoms with van der Waals surface area (Å²) in [5.41, 5.74) is 4.80. The van der Waals surface area contributed by atoms with Gasteiger partial charge in [-0.25, -0.2) is 9.59 Å². The molecule has 9 heteroatoms. The third kappa shape index (κ3) is 16.7. The molecule has 0 rings (SSSR count). The minimum atomic E-state index is -0.497. The van der Waals surface area contributed by atoms with E-state index >= 15 is 0 Å². The van der Waals surface area contributed by atoms with Crippen molar-refractivity contribution >= 4 is 18.1 Å². The van der Waals surface area contributed by atoms with Crippen LogP contribution >= 0.6 is 0 Å². The maximum atomic E-state index is 11.4. The molecule has 0 radical (unpaired) electrons. The van der Waals surface area contributed by atoms with Gasteiger partial charge in [-0.05, 0) is 54.4 Å². The number of nitrogens with one attached hydrogen (secondary N) is 4. The van der Waals surface area contributed by atoms with E-state index in [9.17, 15) is 9.59 Å². The monoisotopic (exact) mass is 374 g/mol. The quantitative estimate of drug-likeness (QED) is 0.227. The number of carbonyl (C=O) groups is 2. The van der Waals surface area contributed by atoms with Crippen LogP contribution in [0, 0.1) is 0 Å². The molecule has 152 valence electrons. The van der Waals surface area contributed by atoms with Crippen molar-refractivity contribution in [2.75, 3.05) is 26.2 Å². The molecule has 0 aliphatic rings. The summed E-state index contributed by atoms with van der Waals surface area (Å²) in [5, 5.41) is 8.37. The SMILES string of the molecule is CC(C)(C)OC(=O)NCCCNC(N)=[NH+]CCCNC(=O)OC(C)(C)C. The Labute approximate surface area is 156 Å². The summed E-state index contributed by atoms with van der Waals surface area (Å²) >= 11 is 0. The second kappa shape index (κ2) is 11.4. The van der Waals surface area contributed by atoms with Crippen molar-refractivity contribution in [1.29, 1.82) is 0 Å². The zero-order valence-corrected chi connectivity index (χ0v) is 17.0. The Morgan fingerprint density at radius 1 is 0.808 bits per heavy atom. The average molecular weight is 375 g/mol. The largest absolute Gasteiger partial charge is 0.444 e. The number of hydrogen-bond donors (Lipinski definition) is 5. The van der Waals surface area contributed by atoms with Crippen LogP contribution in [-0.2, 0) is 9.47 Å². The first-order valence-electron chi connectivity index (χ1n) is 8.93. The molecule has 9 nitrogen and oxygen atoms in total. The van der Waals surface area contributed by atoms with E-state index < -0.39 is 23.4 Å². The minimum Gasteiger partial charge on any atom is -0.444 e. The topological polar surface area (TPSA) is 129 Å². The van der Waals surface area contributed by atoms with Gasteiger partial charge in [-0.15, -0.1) is 0 Å². The fraction of sp³-hybridized carbons (Fsp3) is 0.824. The van der Waals surface area contributed by atoms with E-state index in [0.717, 1.165) is 0 Å². The molecule has 0 spiro atoms. The van der Waals surface area contributed by atoms with Crippen LogP contribution < -0.4 is 26.7 Å². The van der Waals surface area contributed by atoms with E-state index in [0.29, 0.717) is 45.0 Å². The lowest BCUT2D eigenvalue weighted by atomic mass is 10.2. The van der Waals surface area contributed by atoms with Crippen molar-refractivity contribution in [2.45, 2.75) is 65.6 Å². The number of rotatable bonds is 8. The number of nitrogens with two attached hydrogens (primary N) is 1. The highest BCUT2D eigenvalue weighted by Gasteiger charge is 2.16. The van der Waals surface area contributed by atoms with E-state index in [2.05, 4.69) is 20.9 Å². The van der Waals surface area contributed by atoms with Crippen LogP contribution in [0.25, 0.3) is 0 Å². The lowest BCUT2D eigenvalue weighted by Crippen LogP contribution is -2.79. The number of guanidine groups is 1. The maximum absolute atomic E-state index is 11.4. The molecule has 0 bridgehead atoms. The lowest BCUT2D eigenvalue weighted by molar-refractivity contribution is -0.460. The van der Waals surface area contributed by atoms with Gasteiger partial charge in [0.15, 0.2) is 0 Å². The maximum Gasteiger partial charge on any atom is 0.407 e. The Morgan fingerprint density at radius 2 is 1.23 bits per heavy atom. The number of amides is 2. The van der Waals surface area contributed by atoms with Gasteiger partial charge in [0.2, 0.25) is 0 Å². The van der Waals surface area contributed by atoms with E-state index in [-0.39, 0.29) is 0 Å². The summed E-state index contributed by atoms with van der Waals surface area (Å²) < 4.78 is 10.3. The third-order valence-electron chi connectivity index (χ3n) is 2.67. The summed E-state index contributed by atoms with van der Waals surface area (Å²) in [7, 11) is 0. The predicted molar refractivity (Wildman–Crippen MR) is 101 cm³/mol. The molecular weight excluding hydrogens is 338 g/mol. The standard InChI is InChI=1S/C17H35N5O4/c1-16(2,3)25-14(23)21-11-7-9-19-13(18)20-10-8-12-22-15(24)26-17(4,5)6/h7-12H2,1-6H3,(H,21,23)(H,22,24)(H3,18,19,20)/p+1. The van der Waals surface area contributed by atoms with Crippen molar-refractivity contribution in [3.05, 3.63) is 0 Å². The van der Waals surface area contributed by atoms with Crippen LogP contribution in [0.3, 0.4) is 0 Å².